The topological polar surface area (TPSA) is 38.8 Å². The lowest BCUT2D eigenvalue weighted by molar-refractivity contribution is -0.141. The Labute approximate surface area is 205 Å². The van der Waals surface area contributed by atoms with Gasteiger partial charge in [-0.1, -0.05) is 105 Å². The number of esters is 1. The van der Waals surface area contributed by atoms with Gasteiger partial charge in [0.1, 0.15) is 6.10 Å². The van der Waals surface area contributed by atoms with Gasteiger partial charge in [-0.25, -0.2) is 4.79 Å². The number of allylic oxidation sites excluding steroid dienone is 3. The van der Waals surface area contributed by atoms with E-state index in [-0.39, 0.29) is 5.97 Å². The molecule has 3 nitrogen and oxygen atoms in total. The molecule has 0 aromatic heterocycles. The predicted octanol–water partition coefficient (Wildman–Crippen LogP) is 7.75. The Morgan fingerprint density at radius 3 is 2.18 bits per heavy atom. The number of epoxide rings is 1. The minimum atomic E-state index is -0.424. The van der Waals surface area contributed by atoms with Gasteiger partial charge >= 0.3 is 5.97 Å². The summed E-state index contributed by atoms with van der Waals surface area (Å²) >= 11 is 0. The summed E-state index contributed by atoms with van der Waals surface area (Å²) in [4.78, 5) is 12.7. The first kappa shape index (κ1) is 25.7. The second kappa shape index (κ2) is 13.1. The highest BCUT2D eigenvalue weighted by Crippen LogP contribution is 2.29. The third-order valence-electron chi connectivity index (χ3n) is 6.22. The first-order valence-corrected chi connectivity index (χ1v) is 12.4. The zero-order chi connectivity index (χ0) is 24.3. The summed E-state index contributed by atoms with van der Waals surface area (Å²) in [7, 11) is 0. The fourth-order valence-corrected chi connectivity index (χ4v) is 4.50. The molecule has 1 aliphatic heterocycles. The molecule has 0 aliphatic carbocycles. The average molecular weight is 459 g/mol. The van der Waals surface area contributed by atoms with Crippen LogP contribution in [0.4, 0.5) is 0 Å². The highest BCUT2D eigenvalue weighted by molar-refractivity contribution is 5.83. The highest BCUT2D eigenvalue weighted by Gasteiger charge is 2.34. The molecule has 2 aromatic carbocycles. The van der Waals surface area contributed by atoms with Crippen molar-refractivity contribution in [3.63, 3.8) is 0 Å². The molecule has 0 bridgehead atoms. The zero-order valence-electron chi connectivity index (χ0n) is 20.8. The Hall–Kier alpha value is -2.91. The number of carbonyl (C=O) groups excluding carboxylic acids is 1. The zero-order valence-corrected chi connectivity index (χ0v) is 20.8. The molecule has 2 aromatic rings. The smallest absolute Gasteiger partial charge is 0.331 e. The maximum Gasteiger partial charge on any atom is 0.331 e. The Morgan fingerprint density at radius 2 is 1.62 bits per heavy atom. The van der Waals surface area contributed by atoms with Crippen molar-refractivity contribution in [3.8, 4) is 0 Å². The molecule has 0 unspecified atom stereocenters. The van der Waals surface area contributed by atoms with E-state index in [9.17, 15) is 4.79 Å². The second-order valence-electron chi connectivity index (χ2n) is 9.49. The molecular formula is C31H38O3. The van der Waals surface area contributed by atoms with Crippen LogP contribution >= 0.6 is 0 Å². The van der Waals surface area contributed by atoms with Gasteiger partial charge in [-0.05, 0) is 49.3 Å². The van der Waals surface area contributed by atoms with Gasteiger partial charge in [-0.3, -0.25) is 0 Å². The van der Waals surface area contributed by atoms with Gasteiger partial charge in [-0.15, -0.1) is 6.58 Å². The van der Waals surface area contributed by atoms with Crippen LogP contribution in [0.3, 0.4) is 0 Å². The van der Waals surface area contributed by atoms with E-state index in [2.05, 4.69) is 26.5 Å². The maximum atomic E-state index is 12.7. The average Bonchev–Trinajstić information content (AvgIpc) is 3.60. The van der Waals surface area contributed by atoms with Crippen LogP contribution < -0.4 is 0 Å². The monoisotopic (exact) mass is 458 g/mol. The van der Waals surface area contributed by atoms with Crippen molar-refractivity contribution in [2.24, 2.45) is 5.92 Å². The van der Waals surface area contributed by atoms with Gasteiger partial charge in [0.2, 0.25) is 0 Å². The summed E-state index contributed by atoms with van der Waals surface area (Å²) in [6.07, 6.45) is 11.7. The van der Waals surface area contributed by atoms with E-state index in [1.165, 1.54) is 24.8 Å². The second-order valence-corrected chi connectivity index (χ2v) is 9.49. The van der Waals surface area contributed by atoms with Crippen LogP contribution in [-0.2, 0) is 14.3 Å². The molecule has 0 spiro atoms. The van der Waals surface area contributed by atoms with Gasteiger partial charge < -0.3 is 9.47 Å². The van der Waals surface area contributed by atoms with Gasteiger partial charge in [0.25, 0.3) is 0 Å². The number of ether oxygens (including phenoxy) is 2. The van der Waals surface area contributed by atoms with Crippen molar-refractivity contribution in [2.75, 3.05) is 0 Å². The van der Waals surface area contributed by atoms with Crippen LogP contribution in [0.5, 0.6) is 0 Å². The van der Waals surface area contributed by atoms with Gasteiger partial charge in [0.05, 0.1) is 6.10 Å². The molecule has 0 N–H and O–H groups in total. The van der Waals surface area contributed by atoms with Crippen LogP contribution in [0.15, 0.2) is 96.6 Å². The van der Waals surface area contributed by atoms with Gasteiger partial charge in [0.15, 0.2) is 6.10 Å². The third-order valence-corrected chi connectivity index (χ3v) is 6.22. The van der Waals surface area contributed by atoms with Crippen molar-refractivity contribution in [1.29, 1.82) is 0 Å². The third kappa shape index (κ3) is 8.46. The summed E-state index contributed by atoms with van der Waals surface area (Å²) in [5.41, 5.74) is 4.12. The Balaban J connectivity index is 1.50. The van der Waals surface area contributed by atoms with E-state index in [1.54, 1.807) is 6.08 Å². The first-order chi connectivity index (χ1) is 16.5. The number of carbonyl (C=O) groups is 1. The van der Waals surface area contributed by atoms with Crippen molar-refractivity contribution < 1.29 is 14.3 Å². The van der Waals surface area contributed by atoms with Crippen LogP contribution in [0.1, 0.15) is 70.1 Å². The molecule has 3 atom stereocenters. The molecule has 3 heteroatoms. The number of benzene rings is 2. The summed E-state index contributed by atoms with van der Waals surface area (Å²) in [6.45, 7) is 10.2. The number of unbranched alkanes of at least 4 members (excludes halogenated alkanes) is 1. The lowest BCUT2D eigenvalue weighted by Crippen LogP contribution is -2.11. The lowest BCUT2D eigenvalue weighted by atomic mass is 9.95. The normalized spacial score (nSPS) is 19.1. The van der Waals surface area contributed by atoms with E-state index in [4.69, 9.17) is 9.47 Å². The van der Waals surface area contributed by atoms with Crippen LogP contribution in [-0.4, -0.2) is 18.2 Å². The number of hydrogen-bond acceptors (Lipinski definition) is 3. The standard InChI is InChI=1S/C31H38O3/c1-5-28-29(33-28)19-13-12-14-23(2)20-24(3)21-25(4)22-30(32)34-31(26-15-8-6-9-16-26)27-17-10-7-11-18-27/h5-11,15-18,21-23,28-29,31H,1,12-14,19-20H2,2-4H3/b24-21+,25-22+/t23-,28+,29+/m1/s1. The number of hydrogen-bond donors (Lipinski definition) is 0. The molecule has 1 aliphatic rings. The summed E-state index contributed by atoms with van der Waals surface area (Å²) in [5, 5.41) is 0. The highest BCUT2D eigenvalue weighted by atomic mass is 16.6. The quantitative estimate of drug-likeness (QED) is 0.0769. The van der Waals surface area contributed by atoms with Gasteiger partial charge in [0, 0.05) is 6.08 Å². The van der Waals surface area contributed by atoms with Crippen LogP contribution in [0.25, 0.3) is 0 Å². The Bertz CT molecular complexity index is 935. The SMILES string of the molecule is C=C[C@@H]1O[C@H]1CCCC[C@@H](C)C/C(C)=C/C(C)=C/C(=O)OC(c1ccccc1)c1ccccc1. The minimum Gasteiger partial charge on any atom is -0.449 e. The molecule has 180 valence electrons. The van der Waals surface area contributed by atoms with Crippen molar-refractivity contribution in [3.05, 3.63) is 108 Å². The molecular weight excluding hydrogens is 420 g/mol. The van der Waals surface area contributed by atoms with E-state index in [1.807, 2.05) is 73.7 Å². The summed E-state index contributed by atoms with van der Waals surface area (Å²) in [5.74, 6) is 0.291. The van der Waals surface area contributed by atoms with Crippen molar-refractivity contribution in [1.82, 2.24) is 0 Å². The minimum absolute atomic E-state index is 0.291. The molecule has 3 rings (SSSR count). The fraction of sp³-hybridized carbons (Fsp3) is 0.387. The van der Waals surface area contributed by atoms with Crippen molar-refractivity contribution >= 4 is 5.97 Å². The number of rotatable bonds is 13. The Morgan fingerprint density at radius 1 is 1.00 bits per heavy atom. The molecule has 1 heterocycles. The van der Waals surface area contributed by atoms with E-state index in [0.29, 0.717) is 18.1 Å². The van der Waals surface area contributed by atoms with E-state index >= 15 is 0 Å². The molecule has 1 saturated heterocycles. The lowest BCUT2D eigenvalue weighted by Gasteiger charge is -2.18. The van der Waals surface area contributed by atoms with Crippen LogP contribution in [0.2, 0.25) is 0 Å². The Kier molecular flexibility index (Phi) is 9.90. The summed E-state index contributed by atoms with van der Waals surface area (Å²) in [6, 6.07) is 19.7. The molecule has 0 radical (unpaired) electrons. The maximum absolute atomic E-state index is 12.7. The first-order valence-electron chi connectivity index (χ1n) is 12.4. The molecule has 0 saturated carbocycles. The molecule has 0 amide bonds. The van der Waals surface area contributed by atoms with Gasteiger partial charge in [-0.2, -0.15) is 0 Å². The molecule has 1 fully saturated rings. The largest absolute Gasteiger partial charge is 0.449 e. The fourth-order valence-electron chi connectivity index (χ4n) is 4.50. The van der Waals surface area contributed by atoms with Crippen LogP contribution in [0, 0.1) is 5.92 Å². The molecule has 34 heavy (non-hydrogen) atoms. The summed E-state index contributed by atoms with van der Waals surface area (Å²) < 4.78 is 11.4. The predicted molar refractivity (Wildman–Crippen MR) is 139 cm³/mol. The van der Waals surface area contributed by atoms with E-state index in [0.717, 1.165) is 29.5 Å². The van der Waals surface area contributed by atoms with Crippen molar-refractivity contribution in [2.45, 2.75) is 71.2 Å². The van der Waals surface area contributed by atoms with E-state index < -0.39 is 6.10 Å².